The molecule has 1 aliphatic rings. The Morgan fingerprint density at radius 2 is 2.08 bits per heavy atom. The molecule has 1 unspecified atom stereocenters. The highest BCUT2D eigenvalue weighted by Gasteiger charge is 2.25. The summed E-state index contributed by atoms with van der Waals surface area (Å²) in [4.78, 5) is 17.0. The standard InChI is InChI=1S/C18H22FN3OS/c1-14(18(23)20-17-4-2-3-16(19)11-17)22-8-6-21(7-9-22)12-15-5-10-24-13-15/h2-5,10-11,13-14H,6-9,12H2,1H3,(H,20,23). The van der Waals surface area contributed by atoms with E-state index in [2.05, 4.69) is 31.9 Å². The van der Waals surface area contributed by atoms with E-state index in [-0.39, 0.29) is 17.8 Å². The fourth-order valence-corrected chi connectivity index (χ4v) is 3.59. The summed E-state index contributed by atoms with van der Waals surface area (Å²) in [6.07, 6.45) is 0. The normalized spacial score (nSPS) is 17.6. The van der Waals surface area contributed by atoms with Crippen LogP contribution in [0.2, 0.25) is 0 Å². The van der Waals surface area contributed by atoms with Crippen molar-refractivity contribution in [2.24, 2.45) is 0 Å². The zero-order chi connectivity index (χ0) is 16.9. The van der Waals surface area contributed by atoms with Crippen molar-refractivity contribution in [1.29, 1.82) is 0 Å². The van der Waals surface area contributed by atoms with Crippen LogP contribution in [-0.2, 0) is 11.3 Å². The average molecular weight is 347 g/mol. The Labute approximate surface area is 145 Å². The number of hydrogen-bond acceptors (Lipinski definition) is 4. The van der Waals surface area contributed by atoms with E-state index in [0.717, 1.165) is 32.7 Å². The number of nitrogens with one attached hydrogen (secondary N) is 1. The predicted octanol–water partition coefficient (Wildman–Crippen LogP) is 3.03. The van der Waals surface area contributed by atoms with E-state index in [1.807, 2.05) is 6.92 Å². The maximum Gasteiger partial charge on any atom is 0.241 e. The van der Waals surface area contributed by atoms with Gasteiger partial charge in [0.25, 0.3) is 0 Å². The van der Waals surface area contributed by atoms with Gasteiger partial charge in [0.05, 0.1) is 6.04 Å². The summed E-state index contributed by atoms with van der Waals surface area (Å²) in [7, 11) is 0. The van der Waals surface area contributed by atoms with Crippen LogP contribution in [0.5, 0.6) is 0 Å². The van der Waals surface area contributed by atoms with Crippen molar-refractivity contribution in [1.82, 2.24) is 9.80 Å². The molecular weight excluding hydrogens is 325 g/mol. The van der Waals surface area contributed by atoms with Crippen LogP contribution in [0, 0.1) is 5.82 Å². The molecule has 24 heavy (non-hydrogen) atoms. The van der Waals surface area contributed by atoms with Gasteiger partial charge in [-0.1, -0.05) is 6.07 Å². The van der Waals surface area contributed by atoms with Crippen LogP contribution < -0.4 is 5.32 Å². The summed E-state index contributed by atoms with van der Waals surface area (Å²) in [5.41, 5.74) is 1.85. The molecule has 1 N–H and O–H groups in total. The van der Waals surface area contributed by atoms with Crippen molar-refractivity contribution < 1.29 is 9.18 Å². The zero-order valence-corrected chi connectivity index (χ0v) is 14.6. The minimum absolute atomic E-state index is 0.0908. The predicted molar refractivity (Wildman–Crippen MR) is 95.7 cm³/mol. The van der Waals surface area contributed by atoms with Crippen molar-refractivity contribution >= 4 is 22.9 Å². The molecule has 0 radical (unpaired) electrons. The third-order valence-electron chi connectivity index (χ3n) is 4.41. The highest BCUT2D eigenvalue weighted by Crippen LogP contribution is 2.14. The minimum atomic E-state index is -0.345. The number of carbonyl (C=O) groups excluding carboxylic acids is 1. The minimum Gasteiger partial charge on any atom is -0.325 e. The summed E-state index contributed by atoms with van der Waals surface area (Å²) >= 11 is 1.72. The summed E-state index contributed by atoms with van der Waals surface area (Å²) in [5, 5.41) is 7.08. The molecule has 0 saturated carbocycles. The van der Waals surface area contributed by atoms with Gasteiger partial charge in [0.2, 0.25) is 5.91 Å². The van der Waals surface area contributed by atoms with Crippen LogP contribution in [0.4, 0.5) is 10.1 Å². The number of hydrogen-bond donors (Lipinski definition) is 1. The van der Waals surface area contributed by atoms with E-state index in [1.165, 1.54) is 17.7 Å². The molecule has 0 bridgehead atoms. The SMILES string of the molecule is CC(C(=O)Nc1cccc(F)c1)N1CCN(Cc2ccsc2)CC1. The number of carbonyl (C=O) groups is 1. The van der Waals surface area contributed by atoms with E-state index in [9.17, 15) is 9.18 Å². The lowest BCUT2D eigenvalue weighted by Crippen LogP contribution is -2.52. The monoisotopic (exact) mass is 347 g/mol. The smallest absolute Gasteiger partial charge is 0.241 e. The first-order chi connectivity index (χ1) is 11.6. The third kappa shape index (κ3) is 4.41. The molecule has 1 amide bonds. The summed E-state index contributed by atoms with van der Waals surface area (Å²) in [6.45, 7) is 6.51. The topological polar surface area (TPSA) is 35.6 Å². The Morgan fingerprint density at radius 1 is 1.29 bits per heavy atom. The molecule has 1 aromatic carbocycles. The maximum absolute atomic E-state index is 13.2. The second-order valence-electron chi connectivity index (χ2n) is 6.12. The Morgan fingerprint density at radius 3 is 2.75 bits per heavy atom. The molecule has 1 aliphatic heterocycles. The second-order valence-corrected chi connectivity index (χ2v) is 6.90. The molecule has 6 heteroatoms. The Bertz CT molecular complexity index is 669. The molecule has 2 aromatic rings. The van der Waals surface area contributed by atoms with Crippen LogP contribution in [0.15, 0.2) is 41.1 Å². The lowest BCUT2D eigenvalue weighted by Gasteiger charge is -2.37. The van der Waals surface area contributed by atoms with Crippen molar-refractivity contribution in [2.45, 2.75) is 19.5 Å². The van der Waals surface area contributed by atoms with Crippen LogP contribution in [0.1, 0.15) is 12.5 Å². The Balaban J connectivity index is 1.49. The first-order valence-electron chi connectivity index (χ1n) is 8.16. The van der Waals surface area contributed by atoms with E-state index in [1.54, 1.807) is 23.5 Å². The van der Waals surface area contributed by atoms with Crippen molar-refractivity contribution in [2.75, 3.05) is 31.5 Å². The largest absolute Gasteiger partial charge is 0.325 e. The first kappa shape index (κ1) is 17.1. The molecule has 2 heterocycles. The molecule has 1 fully saturated rings. The van der Waals surface area contributed by atoms with Gasteiger partial charge in [0.1, 0.15) is 5.82 Å². The molecule has 1 atom stereocenters. The van der Waals surface area contributed by atoms with Gasteiger partial charge >= 0.3 is 0 Å². The van der Waals surface area contributed by atoms with E-state index >= 15 is 0 Å². The second kappa shape index (κ2) is 7.88. The van der Waals surface area contributed by atoms with Crippen molar-refractivity contribution in [3.05, 3.63) is 52.5 Å². The van der Waals surface area contributed by atoms with Gasteiger partial charge in [0, 0.05) is 38.4 Å². The average Bonchev–Trinajstić information content (AvgIpc) is 3.08. The molecular formula is C18H22FN3OS. The fraction of sp³-hybridized carbons (Fsp3) is 0.389. The van der Waals surface area contributed by atoms with Gasteiger partial charge in [-0.25, -0.2) is 4.39 Å². The molecule has 1 saturated heterocycles. The first-order valence-corrected chi connectivity index (χ1v) is 9.10. The quantitative estimate of drug-likeness (QED) is 0.903. The molecule has 3 rings (SSSR count). The number of amides is 1. The number of rotatable bonds is 5. The molecule has 128 valence electrons. The van der Waals surface area contributed by atoms with E-state index < -0.39 is 0 Å². The van der Waals surface area contributed by atoms with Gasteiger partial charge in [-0.15, -0.1) is 0 Å². The van der Waals surface area contributed by atoms with Crippen molar-refractivity contribution in [3.63, 3.8) is 0 Å². The highest BCUT2D eigenvalue weighted by molar-refractivity contribution is 7.07. The molecule has 4 nitrogen and oxygen atoms in total. The number of nitrogens with zero attached hydrogens (tertiary/aromatic N) is 2. The van der Waals surface area contributed by atoms with Gasteiger partial charge in [-0.2, -0.15) is 11.3 Å². The summed E-state index contributed by atoms with van der Waals surface area (Å²) < 4.78 is 13.2. The fourth-order valence-electron chi connectivity index (χ4n) is 2.93. The van der Waals surface area contributed by atoms with Gasteiger partial charge in [-0.05, 0) is 47.5 Å². The van der Waals surface area contributed by atoms with Crippen LogP contribution in [-0.4, -0.2) is 47.9 Å². The number of anilines is 1. The zero-order valence-electron chi connectivity index (χ0n) is 13.7. The van der Waals surface area contributed by atoms with Gasteiger partial charge in [-0.3, -0.25) is 14.6 Å². The van der Waals surface area contributed by atoms with Crippen molar-refractivity contribution in [3.8, 4) is 0 Å². The Kier molecular flexibility index (Phi) is 5.60. The number of thiophene rings is 1. The molecule has 0 aliphatic carbocycles. The lowest BCUT2D eigenvalue weighted by molar-refractivity contribution is -0.121. The van der Waals surface area contributed by atoms with E-state index in [0.29, 0.717) is 5.69 Å². The molecule has 0 spiro atoms. The highest BCUT2D eigenvalue weighted by atomic mass is 32.1. The number of benzene rings is 1. The van der Waals surface area contributed by atoms with Crippen LogP contribution in [0.3, 0.4) is 0 Å². The number of piperazine rings is 1. The van der Waals surface area contributed by atoms with Crippen LogP contribution >= 0.6 is 11.3 Å². The maximum atomic E-state index is 13.2. The summed E-state index contributed by atoms with van der Waals surface area (Å²) in [6, 6.07) is 7.93. The van der Waals surface area contributed by atoms with Crippen LogP contribution in [0.25, 0.3) is 0 Å². The summed E-state index contributed by atoms with van der Waals surface area (Å²) in [5.74, 6) is -0.436. The third-order valence-corrected chi connectivity index (χ3v) is 5.14. The van der Waals surface area contributed by atoms with Gasteiger partial charge in [0.15, 0.2) is 0 Å². The Hall–Kier alpha value is -1.76. The number of halogens is 1. The van der Waals surface area contributed by atoms with E-state index in [4.69, 9.17) is 0 Å². The van der Waals surface area contributed by atoms with Gasteiger partial charge < -0.3 is 5.32 Å². The molecule has 1 aromatic heterocycles. The lowest BCUT2D eigenvalue weighted by atomic mass is 10.2.